The number of halogens is 1. The van der Waals surface area contributed by atoms with Crippen molar-refractivity contribution in [1.82, 2.24) is 0 Å². The van der Waals surface area contributed by atoms with E-state index in [0.717, 1.165) is 4.88 Å². The number of benzene rings is 1. The maximum absolute atomic E-state index is 13.6. The summed E-state index contributed by atoms with van der Waals surface area (Å²) in [5, 5.41) is 0. The van der Waals surface area contributed by atoms with Crippen molar-refractivity contribution in [3.05, 3.63) is 47.1 Å². The molecule has 1 unspecified atom stereocenters. The average molecular weight is 247 g/mol. The van der Waals surface area contributed by atoms with E-state index in [0.29, 0.717) is 11.5 Å². The summed E-state index contributed by atoms with van der Waals surface area (Å²) in [6.45, 7) is 0. The first-order chi connectivity index (χ1) is 8.25. The minimum Gasteiger partial charge on any atom is -0.323 e. The molecule has 1 nitrogen and oxygen atoms in total. The lowest BCUT2D eigenvalue weighted by Crippen LogP contribution is -2.10. The number of rotatable bonds is 3. The Morgan fingerprint density at radius 3 is 2.65 bits per heavy atom. The molecule has 0 amide bonds. The summed E-state index contributed by atoms with van der Waals surface area (Å²) in [4.78, 5) is 2.14. The van der Waals surface area contributed by atoms with Gasteiger partial charge in [0.1, 0.15) is 5.82 Å². The third kappa shape index (κ3) is 2.13. The summed E-state index contributed by atoms with van der Waals surface area (Å²) < 4.78 is 13.6. The van der Waals surface area contributed by atoms with Gasteiger partial charge in [0.15, 0.2) is 0 Å². The first kappa shape index (κ1) is 10.9. The van der Waals surface area contributed by atoms with Crippen LogP contribution >= 0.6 is 11.3 Å². The smallest absolute Gasteiger partial charge is 0.131 e. The lowest BCUT2D eigenvalue weighted by atomic mass is 10.1. The van der Waals surface area contributed by atoms with Gasteiger partial charge in [-0.2, -0.15) is 0 Å². The van der Waals surface area contributed by atoms with Crippen molar-refractivity contribution in [2.24, 2.45) is 11.7 Å². The second-order valence-corrected chi connectivity index (χ2v) is 5.66. The highest BCUT2D eigenvalue weighted by molar-refractivity contribution is 7.15. The largest absolute Gasteiger partial charge is 0.323 e. The molecule has 1 aromatic heterocycles. The lowest BCUT2D eigenvalue weighted by Gasteiger charge is -2.06. The third-order valence-electron chi connectivity index (χ3n) is 3.22. The van der Waals surface area contributed by atoms with Crippen LogP contribution in [0.5, 0.6) is 0 Å². The molecule has 0 saturated heterocycles. The molecule has 1 aliphatic rings. The molecular weight excluding hydrogens is 233 g/mol. The second kappa shape index (κ2) is 4.24. The Hall–Kier alpha value is -1.19. The highest BCUT2D eigenvalue weighted by Crippen LogP contribution is 2.42. The van der Waals surface area contributed by atoms with Crippen molar-refractivity contribution in [2.45, 2.75) is 18.9 Å². The van der Waals surface area contributed by atoms with Crippen LogP contribution in [0.4, 0.5) is 4.39 Å². The van der Waals surface area contributed by atoms with Crippen LogP contribution in [0.1, 0.15) is 23.8 Å². The number of hydrogen-bond donors (Lipinski definition) is 1. The Morgan fingerprint density at radius 2 is 1.94 bits per heavy atom. The van der Waals surface area contributed by atoms with Crippen molar-refractivity contribution in [2.75, 3.05) is 0 Å². The van der Waals surface area contributed by atoms with Crippen LogP contribution in [-0.2, 0) is 0 Å². The first-order valence-electron chi connectivity index (χ1n) is 5.86. The molecule has 1 fully saturated rings. The molecule has 1 saturated carbocycles. The maximum atomic E-state index is 13.6. The average Bonchev–Trinajstić information content (AvgIpc) is 3.07. The molecule has 1 atom stereocenters. The monoisotopic (exact) mass is 247 g/mol. The molecule has 1 heterocycles. The van der Waals surface area contributed by atoms with Gasteiger partial charge in [0, 0.05) is 21.4 Å². The van der Waals surface area contributed by atoms with Gasteiger partial charge in [-0.05, 0) is 37.0 Å². The van der Waals surface area contributed by atoms with E-state index < -0.39 is 0 Å². The van der Waals surface area contributed by atoms with E-state index in [1.165, 1.54) is 23.8 Å². The standard InChI is InChI=1S/C14H14FNS/c15-11-4-2-1-3-10(11)12-7-8-13(17-12)14(16)9-5-6-9/h1-4,7-9,14H,5-6,16H2. The molecule has 17 heavy (non-hydrogen) atoms. The van der Waals surface area contributed by atoms with E-state index in [4.69, 9.17) is 5.73 Å². The van der Waals surface area contributed by atoms with Crippen molar-refractivity contribution >= 4 is 11.3 Å². The van der Waals surface area contributed by atoms with E-state index in [-0.39, 0.29) is 11.9 Å². The Balaban J connectivity index is 1.92. The topological polar surface area (TPSA) is 26.0 Å². The zero-order valence-electron chi connectivity index (χ0n) is 9.40. The molecule has 3 heteroatoms. The Morgan fingerprint density at radius 1 is 1.18 bits per heavy atom. The van der Waals surface area contributed by atoms with Gasteiger partial charge < -0.3 is 5.73 Å². The highest BCUT2D eigenvalue weighted by Gasteiger charge is 2.30. The van der Waals surface area contributed by atoms with Crippen LogP contribution in [0.2, 0.25) is 0 Å². The third-order valence-corrected chi connectivity index (χ3v) is 4.44. The van der Waals surface area contributed by atoms with Crippen LogP contribution in [0.25, 0.3) is 10.4 Å². The molecule has 2 N–H and O–H groups in total. The van der Waals surface area contributed by atoms with Crippen LogP contribution < -0.4 is 5.73 Å². The zero-order chi connectivity index (χ0) is 11.8. The van der Waals surface area contributed by atoms with Gasteiger partial charge in [0.05, 0.1) is 0 Å². The molecular formula is C14H14FNS. The molecule has 1 aromatic carbocycles. The van der Waals surface area contributed by atoms with Gasteiger partial charge in [0.25, 0.3) is 0 Å². The van der Waals surface area contributed by atoms with Crippen LogP contribution in [0.3, 0.4) is 0 Å². The fourth-order valence-corrected chi connectivity index (χ4v) is 3.16. The summed E-state index contributed by atoms with van der Waals surface area (Å²) in [6.07, 6.45) is 2.46. The number of hydrogen-bond acceptors (Lipinski definition) is 2. The van der Waals surface area contributed by atoms with E-state index in [1.54, 1.807) is 17.4 Å². The van der Waals surface area contributed by atoms with Crippen LogP contribution in [-0.4, -0.2) is 0 Å². The normalized spacial score (nSPS) is 17.1. The van der Waals surface area contributed by atoms with Gasteiger partial charge in [-0.3, -0.25) is 0 Å². The number of thiophene rings is 1. The minimum atomic E-state index is -0.166. The quantitative estimate of drug-likeness (QED) is 0.872. The van der Waals surface area contributed by atoms with Crippen molar-refractivity contribution in [1.29, 1.82) is 0 Å². The minimum absolute atomic E-state index is 0.139. The van der Waals surface area contributed by atoms with E-state index >= 15 is 0 Å². The second-order valence-electron chi connectivity index (χ2n) is 4.55. The Kier molecular flexibility index (Phi) is 2.73. The summed E-state index contributed by atoms with van der Waals surface area (Å²) in [6, 6.07) is 11.0. The lowest BCUT2D eigenvalue weighted by molar-refractivity contribution is 0.631. The van der Waals surface area contributed by atoms with Gasteiger partial charge in [-0.25, -0.2) is 4.39 Å². The Bertz CT molecular complexity index is 531. The molecule has 0 aliphatic heterocycles. The maximum Gasteiger partial charge on any atom is 0.131 e. The summed E-state index contributed by atoms with van der Waals surface area (Å²) >= 11 is 1.61. The summed E-state index contributed by atoms with van der Waals surface area (Å²) in [7, 11) is 0. The van der Waals surface area contributed by atoms with E-state index in [9.17, 15) is 4.39 Å². The SMILES string of the molecule is NC(c1ccc(-c2ccccc2F)s1)C1CC1. The Labute approximate surface area is 104 Å². The molecule has 1 aliphatic carbocycles. The number of nitrogens with two attached hydrogens (primary N) is 1. The summed E-state index contributed by atoms with van der Waals surface area (Å²) in [5.74, 6) is 0.475. The van der Waals surface area contributed by atoms with Crippen molar-refractivity contribution in [3.8, 4) is 10.4 Å². The first-order valence-corrected chi connectivity index (χ1v) is 6.67. The molecule has 88 valence electrons. The van der Waals surface area contributed by atoms with E-state index in [1.807, 2.05) is 24.3 Å². The molecule has 3 rings (SSSR count). The van der Waals surface area contributed by atoms with Crippen LogP contribution in [0, 0.1) is 11.7 Å². The predicted molar refractivity (Wildman–Crippen MR) is 69.4 cm³/mol. The van der Waals surface area contributed by atoms with E-state index in [2.05, 4.69) is 0 Å². The predicted octanol–water partition coefficient (Wildman–Crippen LogP) is 3.96. The molecule has 0 spiro atoms. The molecule has 0 radical (unpaired) electrons. The zero-order valence-corrected chi connectivity index (χ0v) is 10.2. The fraction of sp³-hybridized carbons (Fsp3) is 0.286. The summed E-state index contributed by atoms with van der Waals surface area (Å²) in [5.41, 5.74) is 6.82. The molecule has 2 aromatic rings. The highest BCUT2D eigenvalue weighted by atomic mass is 32.1. The van der Waals surface area contributed by atoms with Crippen LogP contribution in [0.15, 0.2) is 36.4 Å². The van der Waals surface area contributed by atoms with Gasteiger partial charge >= 0.3 is 0 Å². The van der Waals surface area contributed by atoms with Gasteiger partial charge in [0.2, 0.25) is 0 Å². The van der Waals surface area contributed by atoms with Gasteiger partial charge in [-0.1, -0.05) is 18.2 Å². The van der Waals surface area contributed by atoms with Crippen molar-refractivity contribution < 1.29 is 4.39 Å². The molecule has 0 bridgehead atoms. The van der Waals surface area contributed by atoms with Gasteiger partial charge in [-0.15, -0.1) is 11.3 Å². The fourth-order valence-electron chi connectivity index (χ4n) is 2.03. The van der Waals surface area contributed by atoms with Crippen molar-refractivity contribution in [3.63, 3.8) is 0 Å².